The van der Waals surface area contributed by atoms with Crippen molar-refractivity contribution in [2.45, 2.75) is 5.75 Å². The molecule has 0 radical (unpaired) electrons. The summed E-state index contributed by atoms with van der Waals surface area (Å²) in [6.07, 6.45) is 4.42. The van der Waals surface area contributed by atoms with E-state index in [2.05, 4.69) is 56.5 Å². The van der Waals surface area contributed by atoms with E-state index in [1.165, 1.54) is 5.56 Å². The second kappa shape index (κ2) is 12.3. The Morgan fingerprint density at radius 1 is 1.03 bits per heavy atom. The number of guanidine groups is 1. The van der Waals surface area contributed by atoms with Gasteiger partial charge in [-0.1, -0.05) is 72.8 Å². The lowest BCUT2D eigenvalue weighted by molar-refractivity contribution is 0.194. The lowest BCUT2D eigenvalue weighted by Crippen LogP contribution is -2.52. The minimum Gasteiger partial charge on any atom is -0.355 e. The van der Waals surface area contributed by atoms with Gasteiger partial charge in [0.2, 0.25) is 0 Å². The summed E-state index contributed by atoms with van der Waals surface area (Å²) < 4.78 is 12.3. The lowest BCUT2D eigenvalue weighted by atomic mass is 10.2. The Balaban J connectivity index is 1.35. The zero-order valence-electron chi connectivity index (χ0n) is 17.7. The van der Waals surface area contributed by atoms with Gasteiger partial charge in [-0.2, -0.15) is 0 Å². The highest BCUT2D eigenvalue weighted by molar-refractivity contribution is 7.84. The summed E-state index contributed by atoms with van der Waals surface area (Å²) in [5.41, 5.74) is 2.36. The summed E-state index contributed by atoms with van der Waals surface area (Å²) in [6, 6.07) is 20.4. The number of piperazine rings is 1. The molecule has 1 aliphatic heterocycles. The number of hydrogen-bond donors (Lipinski definition) is 1. The van der Waals surface area contributed by atoms with Crippen molar-refractivity contribution in [3.05, 3.63) is 77.9 Å². The molecule has 0 spiro atoms. The molecule has 1 aliphatic rings. The third kappa shape index (κ3) is 7.43. The predicted octanol–water partition coefficient (Wildman–Crippen LogP) is 2.84. The highest BCUT2D eigenvalue weighted by Crippen LogP contribution is 2.06. The fourth-order valence-electron chi connectivity index (χ4n) is 3.49. The molecular weight excluding hydrogens is 392 g/mol. The molecular formula is C24H32N4OS. The molecule has 5 nitrogen and oxygen atoms in total. The second-order valence-electron chi connectivity index (χ2n) is 7.35. The van der Waals surface area contributed by atoms with Gasteiger partial charge in [-0.25, -0.2) is 0 Å². The van der Waals surface area contributed by atoms with E-state index in [-0.39, 0.29) is 0 Å². The Morgan fingerprint density at radius 2 is 1.70 bits per heavy atom. The van der Waals surface area contributed by atoms with Gasteiger partial charge in [0.05, 0.1) is 0 Å². The Morgan fingerprint density at radius 3 is 2.37 bits per heavy atom. The van der Waals surface area contributed by atoms with Crippen LogP contribution in [-0.4, -0.2) is 72.0 Å². The minimum atomic E-state index is -0.872. The minimum absolute atomic E-state index is 0.607. The SMILES string of the molecule is CN=C(NCCS(=O)Cc1ccccc1)N1CCN(C/C=C/c2ccccc2)CC1. The first kappa shape index (κ1) is 22.2. The summed E-state index contributed by atoms with van der Waals surface area (Å²) >= 11 is 0. The van der Waals surface area contributed by atoms with Crippen LogP contribution in [-0.2, 0) is 16.6 Å². The first-order chi connectivity index (χ1) is 14.7. The van der Waals surface area contributed by atoms with Crippen LogP contribution in [0, 0.1) is 0 Å². The summed E-state index contributed by atoms with van der Waals surface area (Å²) in [4.78, 5) is 9.17. The molecule has 1 saturated heterocycles. The number of aliphatic imine (C=N–C) groups is 1. The summed E-state index contributed by atoms with van der Waals surface area (Å²) in [5.74, 6) is 2.14. The van der Waals surface area contributed by atoms with E-state index in [0.29, 0.717) is 18.1 Å². The van der Waals surface area contributed by atoms with Crippen LogP contribution < -0.4 is 5.32 Å². The van der Waals surface area contributed by atoms with Crippen molar-refractivity contribution in [1.29, 1.82) is 0 Å². The molecule has 1 atom stereocenters. The molecule has 0 aromatic heterocycles. The monoisotopic (exact) mass is 424 g/mol. The maximum atomic E-state index is 12.3. The fourth-order valence-corrected chi connectivity index (χ4v) is 4.52. The van der Waals surface area contributed by atoms with Crippen molar-refractivity contribution in [3.8, 4) is 0 Å². The highest BCUT2D eigenvalue weighted by atomic mass is 32.2. The summed E-state index contributed by atoms with van der Waals surface area (Å²) in [6.45, 7) is 5.57. The average Bonchev–Trinajstić information content (AvgIpc) is 2.79. The van der Waals surface area contributed by atoms with Crippen molar-refractivity contribution < 1.29 is 4.21 Å². The van der Waals surface area contributed by atoms with Gasteiger partial charge in [0, 0.05) is 68.6 Å². The van der Waals surface area contributed by atoms with Crippen LogP contribution in [0.5, 0.6) is 0 Å². The molecule has 1 fully saturated rings. The summed E-state index contributed by atoms with van der Waals surface area (Å²) in [7, 11) is 0.946. The van der Waals surface area contributed by atoms with E-state index >= 15 is 0 Å². The molecule has 30 heavy (non-hydrogen) atoms. The molecule has 0 bridgehead atoms. The molecule has 2 aromatic rings. The van der Waals surface area contributed by atoms with Gasteiger partial charge in [0.25, 0.3) is 0 Å². The first-order valence-electron chi connectivity index (χ1n) is 10.5. The van der Waals surface area contributed by atoms with Crippen molar-refractivity contribution in [1.82, 2.24) is 15.1 Å². The highest BCUT2D eigenvalue weighted by Gasteiger charge is 2.18. The van der Waals surface area contributed by atoms with Crippen LogP contribution in [0.25, 0.3) is 6.08 Å². The third-order valence-corrected chi connectivity index (χ3v) is 6.46. The Hall–Kier alpha value is -2.44. The van der Waals surface area contributed by atoms with Gasteiger partial charge in [0.1, 0.15) is 0 Å². The zero-order valence-corrected chi connectivity index (χ0v) is 18.6. The van der Waals surface area contributed by atoms with Crippen molar-refractivity contribution in [2.24, 2.45) is 4.99 Å². The van der Waals surface area contributed by atoms with Crippen LogP contribution in [0.1, 0.15) is 11.1 Å². The lowest BCUT2D eigenvalue weighted by Gasteiger charge is -2.36. The summed E-state index contributed by atoms with van der Waals surface area (Å²) in [5, 5.41) is 3.39. The fraction of sp³-hybridized carbons (Fsp3) is 0.375. The molecule has 0 aliphatic carbocycles. The average molecular weight is 425 g/mol. The van der Waals surface area contributed by atoms with Gasteiger partial charge in [-0.05, 0) is 11.1 Å². The maximum Gasteiger partial charge on any atom is 0.193 e. The van der Waals surface area contributed by atoms with Crippen LogP contribution in [0.2, 0.25) is 0 Å². The van der Waals surface area contributed by atoms with E-state index < -0.39 is 10.8 Å². The molecule has 1 unspecified atom stereocenters. The van der Waals surface area contributed by atoms with Crippen molar-refractivity contribution >= 4 is 22.8 Å². The topological polar surface area (TPSA) is 47.9 Å². The number of nitrogens with zero attached hydrogens (tertiary/aromatic N) is 3. The number of rotatable bonds is 8. The molecule has 6 heteroatoms. The van der Waals surface area contributed by atoms with Gasteiger partial charge >= 0.3 is 0 Å². The number of hydrogen-bond acceptors (Lipinski definition) is 3. The third-order valence-electron chi connectivity index (χ3n) is 5.14. The van der Waals surface area contributed by atoms with E-state index in [0.717, 1.165) is 44.2 Å². The largest absolute Gasteiger partial charge is 0.355 e. The first-order valence-corrected chi connectivity index (χ1v) is 12.0. The van der Waals surface area contributed by atoms with E-state index in [4.69, 9.17) is 0 Å². The normalized spacial score (nSPS) is 16.7. The molecule has 0 amide bonds. The quantitative estimate of drug-likeness (QED) is 0.523. The number of benzene rings is 2. The second-order valence-corrected chi connectivity index (χ2v) is 8.93. The van der Waals surface area contributed by atoms with Crippen molar-refractivity contribution in [3.63, 3.8) is 0 Å². The standard InChI is InChI=1S/C24H32N4OS/c1-25-24(26-14-20-30(29)21-23-11-6-3-7-12-23)28-18-16-27(17-19-28)15-8-13-22-9-4-2-5-10-22/h2-13H,14-21H2,1H3,(H,25,26)/b13-8+. The van der Waals surface area contributed by atoms with E-state index in [9.17, 15) is 4.21 Å². The Bertz CT molecular complexity index is 831. The van der Waals surface area contributed by atoms with Crippen LogP contribution >= 0.6 is 0 Å². The number of nitrogens with one attached hydrogen (secondary N) is 1. The molecule has 160 valence electrons. The Labute approximate surface area is 183 Å². The molecule has 2 aromatic carbocycles. The molecule has 1 heterocycles. The maximum absolute atomic E-state index is 12.3. The molecule has 1 N–H and O–H groups in total. The van der Waals surface area contributed by atoms with E-state index in [1.807, 2.05) is 43.4 Å². The van der Waals surface area contributed by atoms with Gasteiger partial charge in [-0.3, -0.25) is 14.1 Å². The molecule has 3 rings (SSSR count). The smallest absolute Gasteiger partial charge is 0.193 e. The predicted molar refractivity (Wildman–Crippen MR) is 128 cm³/mol. The van der Waals surface area contributed by atoms with Crippen molar-refractivity contribution in [2.75, 3.05) is 52.1 Å². The van der Waals surface area contributed by atoms with Gasteiger partial charge in [0.15, 0.2) is 5.96 Å². The van der Waals surface area contributed by atoms with Crippen LogP contribution in [0.15, 0.2) is 71.7 Å². The zero-order chi connectivity index (χ0) is 21.0. The molecule has 0 saturated carbocycles. The van der Waals surface area contributed by atoms with Gasteiger partial charge < -0.3 is 10.2 Å². The van der Waals surface area contributed by atoms with Gasteiger partial charge in [-0.15, -0.1) is 0 Å². The Kier molecular flexibility index (Phi) is 9.12. The van der Waals surface area contributed by atoms with Crippen LogP contribution in [0.4, 0.5) is 0 Å². The van der Waals surface area contributed by atoms with E-state index in [1.54, 1.807) is 0 Å². The van der Waals surface area contributed by atoms with Crippen LogP contribution in [0.3, 0.4) is 0 Å².